The van der Waals surface area contributed by atoms with Gasteiger partial charge in [0.1, 0.15) is 12.2 Å². The first-order valence-electron chi connectivity index (χ1n) is 6.18. The fourth-order valence-corrected chi connectivity index (χ4v) is 2.24. The molecule has 5 heteroatoms. The molecule has 2 N–H and O–H groups in total. The van der Waals surface area contributed by atoms with Gasteiger partial charge in [-0.1, -0.05) is 24.3 Å². The molecule has 0 aliphatic heterocycles. The standard InChI is InChI=1S/C14H15N5/c1-19-13(17-9-18-19)8-12(15)14-11-5-3-2-4-10(11)6-7-16-14/h2-7,9,12H,8,15H2,1H3. The third-order valence-electron chi connectivity index (χ3n) is 3.26. The summed E-state index contributed by atoms with van der Waals surface area (Å²) >= 11 is 0. The van der Waals surface area contributed by atoms with Gasteiger partial charge in [0.15, 0.2) is 0 Å². The summed E-state index contributed by atoms with van der Waals surface area (Å²) in [5.41, 5.74) is 7.18. The van der Waals surface area contributed by atoms with Crippen LogP contribution in [0.4, 0.5) is 0 Å². The van der Waals surface area contributed by atoms with Crippen LogP contribution in [-0.4, -0.2) is 19.7 Å². The molecule has 0 amide bonds. The summed E-state index contributed by atoms with van der Waals surface area (Å²) in [7, 11) is 1.87. The van der Waals surface area contributed by atoms with E-state index in [1.807, 2.05) is 31.3 Å². The third kappa shape index (κ3) is 2.20. The quantitative estimate of drug-likeness (QED) is 0.769. The summed E-state index contributed by atoms with van der Waals surface area (Å²) in [5.74, 6) is 0.863. The van der Waals surface area contributed by atoms with Gasteiger partial charge < -0.3 is 5.73 Å². The van der Waals surface area contributed by atoms with Crippen molar-refractivity contribution < 1.29 is 0 Å². The van der Waals surface area contributed by atoms with E-state index in [-0.39, 0.29) is 6.04 Å². The number of rotatable bonds is 3. The molecule has 0 aliphatic carbocycles. The molecule has 1 unspecified atom stereocenters. The van der Waals surface area contributed by atoms with E-state index >= 15 is 0 Å². The van der Waals surface area contributed by atoms with Crippen molar-refractivity contribution in [3.63, 3.8) is 0 Å². The molecule has 2 aromatic heterocycles. The molecule has 3 rings (SSSR count). The number of benzene rings is 1. The highest BCUT2D eigenvalue weighted by atomic mass is 15.3. The average Bonchev–Trinajstić information content (AvgIpc) is 2.83. The fraction of sp³-hybridized carbons (Fsp3) is 0.214. The first kappa shape index (κ1) is 11.8. The lowest BCUT2D eigenvalue weighted by molar-refractivity contribution is 0.622. The normalized spacial score (nSPS) is 12.7. The molecule has 3 aromatic rings. The van der Waals surface area contributed by atoms with Crippen LogP contribution < -0.4 is 5.73 Å². The molecule has 1 atom stereocenters. The average molecular weight is 253 g/mol. The van der Waals surface area contributed by atoms with Gasteiger partial charge in [-0.15, -0.1) is 0 Å². The molecule has 96 valence electrons. The number of hydrogen-bond acceptors (Lipinski definition) is 4. The second kappa shape index (κ2) is 4.78. The molecular weight excluding hydrogens is 238 g/mol. The van der Waals surface area contributed by atoms with Gasteiger partial charge in [-0.3, -0.25) is 9.67 Å². The van der Waals surface area contributed by atoms with E-state index in [1.54, 1.807) is 17.2 Å². The molecule has 1 aromatic carbocycles. The van der Waals surface area contributed by atoms with Gasteiger partial charge in [-0.2, -0.15) is 5.10 Å². The maximum Gasteiger partial charge on any atom is 0.138 e. The van der Waals surface area contributed by atoms with Crippen LogP contribution in [0.3, 0.4) is 0 Å². The largest absolute Gasteiger partial charge is 0.322 e. The highest BCUT2D eigenvalue weighted by molar-refractivity contribution is 5.84. The Balaban J connectivity index is 1.98. The maximum atomic E-state index is 6.28. The first-order valence-corrected chi connectivity index (χ1v) is 6.18. The van der Waals surface area contributed by atoms with Crippen molar-refractivity contribution in [2.45, 2.75) is 12.5 Å². The summed E-state index contributed by atoms with van der Waals surface area (Å²) in [6.07, 6.45) is 3.96. The number of nitrogens with two attached hydrogens (primary N) is 1. The van der Waals surface area contributed by atoms with E-state index in [9.17, 15) is 0 Å². The monoisotopic (exact) mass is 253 g/mol. The topological polar surface area (TPSA) is 69.6 Å². The molecule has 0 saturated carbocycles. The van der Waals surface area contributed by atoms with Crippen LogP contribution in [0.5, 0.6) is 0 Å². The van der Waals surface area contributed by atoms with Gasteiger partial charge in [0, 0.05) is 25.1 Å². The molecule has 0 fully saturated rings. The van der Waals surface area contributed by atoms with Crippen molar-refractivity contribution in [3.05, 3.63) is 54.4 Å². The Kier molecular flexibility index (Phi) is 2.97. The van der Waals surface area contributed by atoms with Gasteiger partial charge in [0.2, 0.25) is 0 Å². The smallest absolute Gasteiger partial charge is 0.138 e. The van der Waals surface area contributed by atoms with Gasteiger partial charge in [0.25, 0.3) is 0 Å². The molecule has 0 bridgehead atoms. The Morgan fingerprint density at radius 2 is 2.05 bits per heavy atom. The van der Waals surface area contributed by atoms with Crippen LogP contribution >= 0.6 is 0 Å². The third-order valence-corrected chi connectivity index (χ3v) is 3.26. The Morgan fingerprint density at radius 1 is 1.21 bits per heavy atom. The SMILES string of the molecule is Cn1ncnc1CC(N)c1nccc2ccccc12. The second-order valence-corrected chi connectivity index (χ2v) is 4.53. The minimum atomic E-state index is -0.186. The summed E-state index contributed by atoms with van der Waals surface area (Å²) in [6, 6.07) is 9.94. The molecule has 19 heavy (non-hydrogen) atoms. The Bertz CT molecular complexity index is 698. The van der Waals surface area contributed by atoms with Crippen molar-refractivity contribution in [2.24, 2.45) is 12.8 Å². The molecule has 2 heterocycles. The van der Waals surface area contributed by atoms with Crippen LogP contribution in [0.1, 0.15) is 17.6 Å². The molecule has 0 aliphatic rings. The van der Waals surface area contributed by atoms with Gasteiger partial charge in [-0.25, -0.2) is 4.98 Å². The van der Waals surface area contributed by atoms with Crippen LogP contribution in [0, 0.1) is 0 Å². The predicted molar refractivity (Wildman–Crippen MR) is 73.4 cm³/mol. The number of pyridine rings is 1. The summed E-state index contributed by atoms with van der Waals surface area (Å²) < 4.78 is 1.74. The lowest BCUT2D eigenvalue weighted by Gasteiger charge is -2.13. The Labute approximate surface area is 111 Å². The van der Waals surface area contributed by atoms with E-state index in [0.29, 0.717) is 6.42 Å². The zero-order chi connectivity index (χ0) is 13.2. The van der Waals surface area contributed by atoms with E-state index in [4.69, 9.17) is 5.73 Å². The van der Waals surface area contributed by atoms with Crippen LogP contribution in [-0.2, 0) is 13.5 Å². The number of nitrogens with zero attached hydrogens (tertiary/aromatic N) is 4. The Morgan fingerprint density at radius 3 is 2.84 bits per heavy atom. The zero-order valence-corrected chi connectivity index (χ0v) is 10.7. The fourth-order valence-electron chi connectivity index (χ4n) is 2.24. The first-order chi connectivity index (χ1) is 9.25. The van der Waals surface area contributed by atoms with Gasteiger partial charge in [-0.05, 0) is 11.5 Å². The van der Waals surface area contributed by atoms with Crippen molar-refractivity contribution in [3.8, 4) is 0 Å². The van der Waals surface area contributed by atoms with E-state index in [1.165, 1.54) is 0 Å². The minimum Gasteiger partial charge on any atom is -0.322 e. The van der Waals surface area contributed by atoms with E-state index in [2.05, 4.69) is 21.1 Å². The number of fused-ring (bicyclic) bond motifs is 1. The number of aryl methyl sites for hydroxylation is 1. The summed E-state index contributed by atoms with van der Waals surface area (Å²) in [6.45, 7) is 0. The van der Waals surface area contributed by atoms with Gasteiger partial charge >= 0.3 is 0 Å². The van der Waals surface area contributed by atoms with Crippen molar-refractivity contribution >= 4 is 10.8 Å². The molecule has 5 nitrogen and oxygen atoms in total. The van der Waals surface area contributed by atoms with Crippen molar-refractivity contribution in [1.82, 2.24) is 19.7 Å². The minimum absolute atomic E-state index is 0.186. The van der Waals surface area contributed by atoms with Crippen LogP contribution in [0.25, 0.3) is 10.8 Å². The number of hydrogen-bond donors (Lipinski definition) is 1. The zero-order valence-electron chi connectivity index (χ0n) is 10.7. The molecule has 0 spiro atoms. The van der Waals surface area contributed by atoms with Crippen molar-refractivity contribution in [1.29, 1.82) is 0 Å². The van der Waals surface area contributed by atoms with Crippen molar-refractivity contribution in [2.75, 3.05) is 0 Å². The predicted octanol–water partition coefficient (Wildman–Crippen LogP) is 1.61. The number of aromatic nitrogens is 4. The highest BCUT2D eigenvalue weighted by Gasteiger charge is 2.14. The highest BCUT2D eigenvalue weighted by Crippen LogP contribution is 2.22. The van der Waals surface area contributed by atoms with Crippen LogP contribution in [0.15, 0.2) is 42.9 Å². The second-order valence-electron chi connectivity index (χ2n) is 4.53. The Hall–Kier alpha value is -2.27. The summed E-state index contributed by atoms with van der Waals surface area (Å²) in [4.78, 5) is 8.64. The maximum absolute atomic E-state index is 6.28. The van der Waals surface area contributed by atoms with Crippen LogP contribution in [0.2, 0.25) is 0 Å². The van der Waals surface area contributed by atoms with E-state index in [0.717, 1.165) is 22.3 Å². The lowest BCUT2D eigenvalue weighted by Crippen LogP contribution is -2.17. The molecule has 0 saturated heterocycles. The summed E-state index contributed by atoms with van der Waals surface area (Å²) in [5, 5.41) is 6.31. The molecule has 0 radical (unpaired) electrons. The van der Waals surface area contributed by atoms with E-state index < -0.39 is 0 Å². The van der Waals surface area contributed by atoms with Gasteiger partial charge in [0.05, 0.1) is 11.7 Å². The molecular formula is C14H15N5. The lowest BCUT2D eigenvalue weighted by atomic mass is 10.0.